The number of ether oxygens (including phenoxy) is 2. The molecule has 1 aliphatic rings. The summed E-state index contributed by atoms with van der Waals surface area (Å²) in [5, 5.41) is 12.1. The van der Waals surface area contributed by atoms with Crippen molar-refractivity contribution in [3.8, 4) is 6.07 Å². The quantitative estimate of drug-likeness (QED) is 0.835. The highest BCUT2D eigenvalue weighted by Gasteiger charge is 2.34. The van der Waals surface area contributed by atoms with Crippen LogP contribution >= 0.6 is 0 Å². The summed E-state index contributed by atoms with van der Waals surface area (Å²) in [7, 11) is 0. The minimum Gasteiger partial charge on any atom is -0.444 e. The normalized spacial score (nSPS) is 21.6. The van der Waals surface area contributed by atoms with E-state index >= 15 is 0 Å². The molecule has 1 heterocycles. The van der Waals surface area contributed by atoms with Crippen LogP contribution < -0.4 is 5.32 Å². The molecule has 0 unspecified atom stereocenters. The summed E-state index contributed by atoms with van der Waals surface area (Å²) in [6.07, 6.45) is -0.261. The molecule has 1 aliphatic heterocycles. The number of hydrogen-bond acceptors (Lipinski definition) is 5. The lowest BCUT2D eigenvalue weighted by molar-refractivity contribution is 0.0134. The third-order valence-corrected chi connectivity index (χ3v) is 3.48. The minimum atomic E-state index is -0.561. The minimum absolute atomic E-state index is 0.0128. The molecule has 136 valence electrons. The highest BCUT2D eigenvalue weighted by molar-refractivity contribution is 5.68. The van der Waals surface area contributed by atoms with E-state index in [1.54, 1.807) is 25.7 Å². The summed E-state index contributed by atoms with van der Waals surface area (Å²) in [4.78, 5) is 25.4. The van der Waals surface area contributed by atoms with Crippen molar-refractivity contribution < 1.29 is 19.1 Å². The number of piperidine rings is 1. The van der Waals surface area contributed by atoms with E-state index in [0.29, 0.717) is 26.1 Å². The van der Waals surface area contributed by atoms with E-state index in [1.165, 1.54) is 0 Å². The maximum Gasteiger partial charge on any atom is 0.410 e. The first kappa shape index (κ1) is 20.1. The molecule has 2 atom stereocenters. The van der Waals surface area contributed by atoms with Gasteiger partial charge in [-0.1, -0.05) is 0 Å². The first-order valence-corrected chi connectivity index (χ1v) is 8.25. The monoisotopic (exact) mass is 339 g/mol. The van der Waals surface area contributed by atoms with Crippen LogP contribution in [0.2, 0.25) is 0 Å². The Labute approximate surface area is 144 Å². The summed E-state index contributed by atoms with van der Waals surface area (Å²) in [5.74, 6) is -0.359. The molecule has 1 saturated heterocycles. The average Bonchev–Trinajstić information content (AvgIpc) is 2.41. The van der Waals surface area contributed by atoms with Crippen LogP contribution in [-0.4, -0.2) is 47.9 Å². The van der Waals surface area contributed by atoms with Crippen LogP contribution in [0.1, 0.15) is 48.0 Å². The van der Waals surface area contributed by atoms with E-state index in [0.717, 1.165) is 0 Å². The number of carbonyl (C=O) groups is 2. The van der Waals surface area contributed by atoms with E-state index in [9.17, 15) is 14.9 Å². The van der Waals surface area contributed by atoms with Gasteiger partial charge >= 0.3 is 12.2 Å². The SMILES string of the molecule is CC(C)(C)OC(=O)NC[C@@H]1CCN(C(=O)OC(C)(C)C)C[C@@H]1C#N. The number of carbonyl (C=O) groups excluding carboxylic acids is 2. The van der Waals surface area contributed by atoms with Crippen molar-refractivity contribution in [3.05, 3.63) is 0 Å². The van der Waals surface area contributed by atoms with Crippen LogP contribution in [0, 0.1) is 23.2 Å². The van der Waals surface area contributed by atoms with Crippen LogP contribution in [-0.2, 0) is 9.47 Å². The standard InChI is InChI=1S/C17H29N3O4/c1-16(2,3)23-14(21)19-10-12-7-8-20(11-13(12)9-18)15(22)24-17(4,5)6/h12-13H,7-8,10-11H2,1-6H3,(H,19,21)/t12-,13-/m0/s1. The first-order valence-electron chi connectivity index (χ1n) is 8.25. The fraction of sp³-hybridized carbons (Fsp3) is 0.824. The second-order valence-electron chi connectivity index (χ2n) is 8.09. The second kappa shape index (κ2) is 7.73. The van der Waals surface area contributed by atoms with Crippen molar-refractivity contribution in [1.29, 1.82) is 5.26 Å². The van der Waals surface area contributed by atoms with Gasteiger partial charge < -0.3 is 19.7 Å². The van der Waals surface area contributed by atoms with Crippen molar-refractivity contribution in [2.75, 3.05) is 19.6 Å². The molecule has 7 nitrogen and oxygen atoms in total. The molecule has 2 amide bonds. The van der Waals surface area contributed by atoms with Gasteiger partial charge in [0.25, 0.3) is 0 Å². The fourth-order valence-corrected chi connectivity index (χ4v) is 2.41. The zero-order valence-electron chi connectivity index (χ0n) is 15.5. The molecule has 0 radical (unpaired) electrons. The van der Waals surface area contributed by atoms with E-state index < -0.39 is 23.4 Å². The van der Waals surface area contributed by atoms with E-state index in [4.69, 9.17) is 9.47 Å². The molecular formula is C17H29N3O4. The Bertz CT molecular complexity index is 499. The van der Waals surface area contributed by atoms with Crippen LogP contribution in [0.5, 0.6) is 0 Å². The number of rotatable bonds is 2. The number of nitrogens with one attached hydrogen (secondary N) is 1. The zero-order valence-corrected chi connectivity index (χ0v) is 15.5. The molecule has 0 bridgehead atoms. The van der Waals surface area contributed by atoms with Crippen LogP contribution in [0.3, 0.4) is 0 Å². The van der Waals surface area contributed by atoms with Crippen molar-refractivity contribution in [1.82, 2.24) is 10.2 Å². The van der Waals surface area contributed by atoms with Crippen LogP contribution in [0.4, 0.5) is 9.59 Å². The Hall–Kier alpha value is -1.97. The van der Waals surface area contributed by atoms with Crippen LogP contribution in [0.15, 0.2) is 0 Å². The van der Waals surface area contributed by atoms with Gasteiger partial charge in [0, 0.05) is 19.6 Å². The summed E-state index contributed by atoms with van der Waals surface area (Å²) in [6.45, 7) is 12.0. The third kappa shape index (κ3) is 7.07. The molecule has 1 rings (SSSR count). The molecule has 0 saturated carbocycles. The van der Waals surface area contributed by atoms with Gasteiger partial charge in [-0.05, 0) is 53.9 Å². The van der Waals surface area contributed by atoms with Crippen LogP contribution in [0.25, 0.3) is 0 Å². The third-order valence-electron chi connectivity index (χ3n) is 3.48. The lowest BCUT2D eigenvalue weighted by Crippen LogP contribution is -2.48. The molecule has 0 aromatic rings. The Morgan fingerprint density at radius 2 is 1.75 bits per heavy atom. The van der Waals surface area contributed by atoms with Crippen molar-refractivity contribution in [2.24, 2.45) is 11.8 Å². The van der Waals surface area contributed by atoms with Gasteiger partial charge in [-0.25, -0.2) is 9.59 Å². The lowest BCUT2D eigenvalue weighted by atomic mass is 9.86. The second-order valence-corrected chi connectivity index (χ2v) is 8.09. The molecule has 0 aromatic heterocycles. The van der Waals surface area contributed by atoms with Gasteiger partial charge in [-0.15, -0.1) is 0 Å². The molecular weight excluding hydrogens is 310 g/mol. The number of hydrogen-bond donors (Lipinski definition) is 1. The highest BCUT2D eigenvalue weighted by atomic mass is 16.6. The molecule has 24 heavy (non-hydrogen) atoms. The van der Waals surface area contributed by atoms with Gasteiger partial charge in [0.2, 0.25) is 0 Å². The predicted octanol–water partition coefficient (Wildman–Crippen LogP) is 2.91. The molecule has 1 N–H and O–H groups in total. The highest BCUT2D eigenvalue weighted by Crippen LogP contribution is 2.24. The zero-order chi connectivity index (χ0) is 18.5. The number of nitrogens with zero attached hydrogens (tertiary/aromatic N) is 2. The summed E-state index contributed by atoms with van der Waals surface area (Å²) in [6, 6.07) is 2.23. The van der Waals surface area contributed by atoms with Gasteiger partial charge in [-0.3, -0.25) is 0 Å². The largest absolute Gasteiger partial charge is 0.444 e. The van der Waals surface area contributed by atoms with E-state index in [1.807, 2.05) is 20.8 Å². The smallest absolute Gasteiger partial charge is 0.410 e. The molecule has 1 fully saturated rings. The van der Waals surface area contributed by atoms with Crippen molar-refractivity contribution in [3.63, 3.8) is 0 Å². The van der Waals surface area contributed by atoms with Crippen molar-refractivity contribution in [2.45, 2.75) is 59.2 Å². The predicted molar refractivity (Wildman–Crippen MR) is 89.3 cm³/mol. The number of amides is 2. The summed E-state index contributed by atoms with van der Waals surface area (Å²) in [5.41, 5.74) is -1.12. The molecule has 0 aromatic carbocycles. The Kier molecular flexibility index (Phi) is 6.47. The molecule has 7 heteroatoms. The summed E-state index contributed by atoms with van der Waals surface area (Å²) >= 11 is 0. The maximum absolute atomic E-state index is 12.1. The average molecular weight is 339 g/mol. The number of alkyl carbamates (subject to hydrolysis) is 1. The van der Waals surface area contributed by atoms with E-state index in [-0.39, 0.29) is 11.8 Å². The van der Waals surface area contributed by atoms with Gasteiger partial charge in [0.1, 0.15) is 11.2 Å². The topological polar surface area (TPSA) is 91.7 Å². The van der Waals surface area contributed by atoms with E-state index in [2.05, 4.69) is 11.4 Å². The first-order chi connectivity index (χ1) is 10.9. The van der Waals surface area contributed by atoms with Crippen molar-refractivity contribution >= 4 is 12.2 Å². The molecule has 0 aliphatic carbocycles. The van der Waals surface area contributed by atoms with Gasteiger partial charge in [0.05, 0.1) is 12.0 Å². The fourth-order valence-electron chi connectivity index (χ4n) is 2.41. The van der Waals surface area contributed by atoms with Gasteiger partial charge in [0.15, 0.2) is 0 Å². The summed E-state index contributed by atoms with van der Waals surface area (Å²) < 4.78 is 10.5. The van der Waals surface area contributed by atoms with Gasteiger partial charge in [-0.2, -0.15) is 5.26 Å². The Balaban J connectivity index is 2.53. The maximum atomic E-state index is 12.1. The number of likely N-dealkylation sites (tertiary alicyclic amines) is 1. The molecule has 0 spiro atoms. The lowest BCUT2D eigenvalue weighted by Gasteiger charge is -2.36. The Morgan fingerprint density at radius 3 is 2.25 bits per heavy atom. The Morgan fingerprint density at radius 1 is 1.17 bits per heavy atom. The number of nitriles is 1.